The van der Waals surface area contributed by atoms with E-state index in [4.69, 9.17) is 16.3 Å². The fourth-order valence-electron chi connectivity index (χ4n) is 2.99. The van der Waals surface area contributed by atoms with E-state index in [2.05, 4.69) is 5.32 Å². The van der Waals surface area contributed by atoms with E-state index in [9.17, 15) is 9.90 Å². The zero-order valence-electron chi connectivity index (χ0n) is 12.8. The molecule has 2 aromatic carbocycles. The molecule has 0 bridgehead atoms. The minimum Gasteiger partial charge on any atom is -0.483 e. The Morgan fingerprint density at radius 1 is 1.13 bits per heavy atom. The summed E-state index contributed by atoms with van der Waals surface area (Å²) in [5.74, 6) is 0.518. The molecule has 0 aliphatic heterocycles. The lowest BCUT2D eigenvalue weighted by Gasteiger charge is -2.26. The van der Waals surface area contributed by atoms with Gasteiger partial charge in [-0.05, 0) is 37.8 Å². The maximum Gasteiger partial charge on any atom is 0.258 e. The lowest BCUT2D eigenvalue weighted by Crippen LogP contribution is -2.40. The molecule has 1 aliphatic carbocycles. The molecule has 5 heteroatoms. The Kier molecular flexibility index (Phi) is 5.03. The van der Waals surface area contributed by atoms with Crippen molar-refractivity contribution in [1.82, 2.24) is 5.32 Å². The monoisotopic (exact) mass is 333 g/mol. The van der Waals surface area contributed by atoms with Gasteiger partial charge < -0.3 is 15.2 Å². The summed E-state index contributed by atoms with van der Waals surface area (Å²) in [5.41, 5.74) is 0. The SMILES string of the molecule is O=C(COc1ccc(Cl)c2ccccc12)NC1CCC(O)CC1. The van der Waals surface area contributed by atoms with Crippen molar-refractivity contribution in [3.63, 3.8) is 0 Å². The molecule has 0 saturated heterocycles. The van der Waals surface area contributed by atoms with Gasteiger partial charge in [-0.25, -0.2) is 0 Å². The van der Waals surface area contributed by atoms with E-state index < -0.39 is 0 Å². The Morgan fingerprint density at radius 2 is 1.83 bits per heavy atom. The van der Waals surface area contributed by atoms with E-state index >= 15 is 0 Å². The number of aliphatic hydroxyl groups is 1. The molecule has 2 N–H and O–H groups in total. The number of ether oxygens (including phenoxy) is 1. The molecule has 0 unspecified atom stereocenters. The highest BCUT2D eigenvalue weighted by Crippen LogP contribution is 2.31. The number of carbonyl (C=O) groups is 1. The van der Waals surface area contributed by atoms with Crippen molar-refractivity contribution in [3.05, 3.63) is 41.4 Å². The van der Waals surface area contributed by atoms with Gasteiger partial charge in [0, 0.05) is 21.8 Å². The molecule has 1 fully saturated rings. The second-order valence-corrected chi connectivity index (χ2v) is 6.36. The van der Waals surface area contributed by atoms with E-state index in [1.54, 1.807) is 12.1 Å². The zero-order valence-corrected chi connectivity index (χ0v) is 13.6. The molecule has 0 radical (unpaired) electrons. The Labute approximate surface area is 140 Å². The van der Waals surface area contributed by atoms with Crippen LogP contribution in [0.4, 0.5) is 0 Å². The van der Waals surface area contributed by atoms with Crippen LogP contribution in [0.5, 0.6) is 5.75 Å². The topological polar surface area (TPSA) is 58.6 Å². The van der Waals surface area contributed by atoms with E-state index in [1.165, 1.54) is 0 Å². The molecular formula is C18H20ClNO3. The quantitative estimate of drug-likeness (QED) is 0.902. The Bertz CT molecular complexity index is 696. The second kappa shape index (κ2) is 7.20. The molecule has 1 amide bonds. The van der Waals surface area contributed by atoms with Gasteiger partial charge in [-0.1, -0.05) is 35.9 Å². The lowest BCUT2D eigenvalue weighted by molar-refractivity contribution is -0.124. The fourth-order valence-corrected chi connectivity index (χ4v) is 3.22. The summed E-state index contributed by atoms with van der Waals surface area (Å²) >= 11 is 6.18. The first-order valence-electron chi connectivity index (χ1n) is 7.91. The van der Waals surface area contributed by atoms with Gasteiger partial charge in [-0.2, -0.15) is 0 Å². The molecule has 0 heterocycles. The van der Waals surface area contributed by atoms with Gasteiger partial charge in [0.05, 0.1) is 6.10 Å². The van der Waals surface area contributed by atoms with Crippen LogP contribution < -0.4 is 10.1 Å². The summed E-state index contributed by atoms with van der Waals surface area (Å²) in [6, 6.07) is 11.4. The molecule has 0 aromatic heterocycles. The third-order valence-corrected chi connectivity index (χ3v) is 4.58. The van der Waals surface area contributed by atoms with Crippen LogP contribution in [0, 0.1) is 0 Å². The van der Waals surface area contributed by atoms with Gasteiger partial charge in [0.2, 0.25) is 0 Å². The number of aliphatic hydroxyl groups excluding tert-OH is 1. The molecule has 23 heavy (non-hydrogen) atoms. The second-order valence-electron chi connectivity index (χ2n) is 5.95. The number of amides is 1. The largest absolute Gasteiger partial charge is 0.483 e. The predicted molar refractivity (Wildman–Crippen MR) is 90.9 cm³/mol. The maximum atomic E-state index is 12.0. The molecule has 2 aromatic rings. The average Bonchev–Trinajstić information content (AvgIpc) is 2.57. The van der Waals surface area contributed by atoms with Gasteiger partial charge >= 0.3 is 0 Å². The first kappa shape index (κ1) is 16.1. The maximum absolute atomic E-state index is 12.0. The Morgan fingerprint density at radius 3 is 2.57 bits per heavy atom. The van der Waals surface area contributed by atoms with E-state index in [-0.39, 0.29) is 24.7 Å². The van der Waals surface area contributed by atoms with Crippen LogP contribution in [0.1, 0.15) is 25.7 Å². The standard InChI is InChI=1S/C18H20ClNO3/c19-16-9-10-17(15-4-2-1-3-14(15)16)23-11-18(22)20-12-5-7-13(21)8-6-12/h1-4,9-10,12-13,21H,5-8,11H2,(H,20,22). The normalized spacial score (nSPS) is 21.1. The van der Waals surface area contributed by atoms with Crippen LogP contribution in [-0.4, -0.2) is 29.8 Å². The van der Waals surface area contributed by atoms with E-state index in [0.29, 0.717) is 10.8 Å². The van der Waals surface area contributed by atoms with Crippen LogP contribution in [-0.2, 0) is 4.79 Å². The number of hydrogen-bond donors (Lipinski definition) is 2. The minimum absolute atomic E-state index is 0.0231. The smallest absolute Gasteiger partial charge is 0.258 e. The number of nitrogens with one attached hydrogen (secondary N) is 1. The van der Waals surface area contributed by atoms with Crippen molar-refractivity contribution >= 4 is 28.3 Å². The highest BCUT2D eigenvalue weighted by molar-refractivity contribution is 6.35. The number of hydrogen-bond acceptors (Lipinski definition) is 3. The molecule has 122 valence electrons. The molecule has 1 aliphatic rings. The Balaban J connectivity index is 1.60. The van der Waals surface area contributed by atoms with E-state index in [1.807, 2.05) is 24.3 Å². The highest BCUT2D eigenvalue weighted by atomic mass is 35.5. The summed E-state index contributed by atoms with van der Waals surface area (Å²) in [7, 11) is 0. The number of fused-ring (bicyclic) bond motifs is 1. The molecule has 3 rings (SSSR count). The van der Waals surface area contributed by atoms with Crippen molar-refractivity contribution in [2.75, 3.05) is 6.61 Å². The van der Waals surface area contributed by atoms with Gasteiger partial charge in [0.25, 0.3) is 5.91 Å². The summed E-state index contributed by atoms with van der Waals surface area (Å²) < 4.78 is 5.68. The third-order valence-electron chi connectivity index (χ3n) is 4.25. The molecule has 0 spiro atoms. The number of benzene rings is 2. The number of halogens is 1. The average molecular weight is 334 g/mol. The van der Waals surface area contributed by atoms with Gasteiger partial charge in [0.15, 0.2) is 6.61 Å². The molecular weight excluding hydrogens is 314 g/mol. The molecule has 1 saturated carbocycles. The van der Waals surface area contributed by atoms with Crippen LogP contribution in [0.15, 0.2) is 36.4 Å². The summed E-state index contributed by atoms with van der Waals surface area (Å²) in [6.45, 7) is -0.0231. The van der Waals surface area contributed by atoms with Crippen LogP contribution in [0.2, 0.25) is 5.02 Å². The van der Waals surface area contributed by atoms with Gasteiger partial charge in [0.1, 0.15) is 5.75 Å². The van der Waals surface area contributed by atoms with Crippen molar-refractivity contribution in [1.29, 1.82) is 0 Å². The first-order valence-corrected chi connectivity index (χ1v) is 8.29. The van der Waals surface area contributed by atoms with Crippen LogP contribution in [0.25, 0.3) is 10.8 Å². The van der Waals surface area contributed by atoms with Crippen molar-refractivity contribution < 1.29 is 14.6 Å². The summed E-state index contributed by atoms with van der Waals surface area (Å²) in [6.07, 6.45) is 2.90. The van der Waals surface area contributed by atoms with Crippen LogP contribution >= 0.6 is 11.6 Å². The van der Waals surface area contributed by atoms with Crippen molar-refractivity contribution in [2.45, 2.75) is 37.8 Å². The molecule has 4 nitrogen and oxygen atoms in total. The third kappa shape index (κ3) is 3.95. The fraction of sp³-hybridized carbons (Fsp3) is 0.389. The Hall–Kier alpha value is -1.78. The number of rotatable bonds is 4. The molecule has 0 atom stereocenters. The summed E-state index contributed by atoms with van der Waals surface area (Å²) in [5, 5.41) is 14.9. The lowest BCUT2D eigenvalue weighted by atomic mass is 9.93. The summed E-state index contributed by atoms with van der Waals surface area (Å²) in [4.78, 5) is 12.0. The van der Waals surface area contributed by atoms with Gasteiger partial charge in [-0.3, -0.25) is 4.79 Å². The minimum atomic E-state index is -0.222. The van der Waals surface area contributed by atoms with Gasteiger partial charge in [-0.15, -0.1) is 0 Å². The number of carbonyl (C=O) groups excluding carboxylic acids is 1. The predicted octanol–water partition coefficient (Wildman–Crippen LogP) is 3.29. The van der Waals surface area contributed by atoms with Crippen molar-refractivity contribution in [3.8, 4) is 5.75 Å². The van der Waals surface area contributed by atoms with Crippen LogP contribution in [0.3, 0.4) is 0 Å². The van der Waals surface area contributed by atoms with E-state index in [0.717, 1.165) is 36.5 Å². The highest BCUT2D eigenvalue weighted by Gasteiger charge is 2.20. The zero-order chi connectivity index (χ0) is 16.2. The van der Waals surface area contributed by atoms with Crippen molar-refractivity contribution in [2.24, 2.45) is 0 Å². The first-order chi connectivity index (χ1) is 11.1.